The quantitative estimate of drug-likeness (QED) is 0.727. The molecule has 2 rings (SSSR count). The summed E-state index contributed by atoms with van der Waals surface area (Å²) in [5, 5.41) is 10.4. The van der Waals surface area contributed by atoms with E-state index in [1.807, 2.05) is 23.9 Å². The molecule has 1 aromatic rings. The van der Waals surface area contributed by atoms with Crippen molar-refractivity contribution in [1.82, 2.24) is 20.4 Å². The third-order valence-corrected chi connectivity index (χ3v) is 3.33. The zero-order chi connectivity index (χ0) is 12.1. The molecule has 0 bridgehead atoms. The molecule has 1 aliphatic rings. The van der Waals surface area contributed by atoms with E-state index >= 15 is 0 Å². The lowest BCUT2D eigenvalue weighted by Gasteiger charge is -2.21. The number of aromatic nitrogens is 2. The highest BCUT2D eigenvalue weighted by atomic mass is 16.2. The molecule has 1 fully saturated rings. The van der Waals surface area contributed by atoms with Gasteiger partial charge in [0, 0.05) is 32.0 Å². The fourth-order valence-electron chi connectivity index (χ4n) is 2.10. The number of amides is 1. The summed E-state index contributed by atoms with van der Waals surface area (Å²) in [5.41, 5.74) is -0.217. The molecule has 1 unspecified atom stereocenters. The van der Waals surface area contributed by atoms with E-state index < -0.39 is 0 Å². The van der Waals surface area contributed by atoms with Crippen molar-refractivity contribution in [1.29, 1.82) is 0 Å². The largest absolute Gasteiger partial charge is 0.356 e. The number of carbonyl (C=O) groups is 1. The van der Waals surface area contributed by atoms with Gasteiger partial charge in [0.05, 0.1) is 5.41 Å². The lowest BCUT2D eigenvalue weighted by atomic mass is 9.89. The van der Waals surface area contributed by atoms with Gasteiger partial charge in [-0.2, -0.15) is 5.10 Å². The van der Waals surface area contributed by atoms with Crippen LogP contribution in [0.5, 0.6) is 0 Å². The molecule has 17 heavy (non-hydrogen) atoms. The second kappa shape index (κ2) is 5.31. The Labute approximate surface area is 102 Å². The number of aryl methyl sites for hydroxylation is 1. The Morgan fingerprint density at radius 2 is 2.53 bits per heavy atom. The minimum Gasteiger partial charge on any atom is -0.356 e. The van der Waals surface area contributed by atoms with E-state index in [0.29, 0.717) is 6.54 Å². The van der Waals surface area contributed by atoms with E-state index in [2.05, 4.69) is 15.7 Å². The average Bonchev–Trinajstić information content (AvgIpc) is 2.96. The zero-order valence-corrected chi connectivity index (χ0v) is 10.3. The molecule has 1 amide bonds. The number of rotatable bonds is 5. The third kappa shape index (κ3) is 3.06. The third-order valence-electron chi connectivity index (χ3n) is 3.33. The van der Waals surface area contributed by atoms with Crippen LogP contribution >= 0.6 is 0 Å². The Morgan fingerprint density at radius 1 is 1.65 bits per heavy atom. The first-order valence-corrected chi connectivity index (χ1v) is 6.17. The lowest BCUT2D eigenvalue weighted by molar-refractivity contribution is -0.129. The highest BCUT2D eigenvalue weighted by Crippen LogP contribution is 2.24. The smallest absolute Gasteiger partial charge is 0.227 e. The second-order valence-electron chi connectivity index (χ2n) is 4.87. The highest BCUT2D eigenvalue weighted by molar-refractivity contribution is 5.82. The predicted molar refractivity (Wildman–Crippen MR) is 65.4 cm³/mol. The van der Waals surface area contributed by atoms with Crippen molar-refractivity contribution < 1.29 is 4.79 Å². The molecule has 0 saturated carbocycles. The minimum absolute atomic E-state index is 0.169. The molecule has 0 radical (unpaired) electrons. The van der Waals surface area contributed by atoms with E-state index in [4.69, 9.17) is 0 Å². The summed E-state index contributed by atoms with van der Waals surface area (Å²) in [6, 6.07) is 1.91. The van der Waals surface area contributed by atoms with Crippen molar-refractivity contribution in [3.05, 3.63) is 18.5 Å². The molecule has 1 atom stereocenters. The number of nitrogens with one attached hydrogen (secondary N) is 2. The number of hydrogen-bond donors (Lipinski definition) is 2. The second-order valence-corrected chi connectivity index (χ2v) is 4.87. The summed E-state index contributed by atoms with van der Waals surface area (Å²) >= 11 is 0. The summed E-state index contributed by atoms with van der Waals surface area (Å²) < 4.78 is 1.88. The molecule has 5 heteroatoms. The standard InChI is InChI=1S/C12H20N4O/c1-12(4-7-13-10-12)11(17)14-5-2-8-16-9-3-6-15-16/h3,6,9,13H,2,4-5,7-8,10H2,1H3,(H,14,17). The van der Waals surface area contributed by atoms with E-state index in [-0.39, 0.29) is 11.3 Å². The van der Waals surface area contributed by atoms with Crippen LogP contribution in [0.15, 0.2) is 18.5 Å². The van der Waals surface area contributed by atoms with Gasteiger partial charge in [0.2, 0.25) is 5.91 Å². The maximum atomic E-state index is 12.0. The predicted octanol–water partition coefficient (Wildman–Crippen LogP) is 0.389. The van der Waals surface area contributed by atoms with Crippen LogP contribution in [0.4, 0.5) is 0 Å². The molecule has 1 aromatic heterocycles. The van der Waals surface area contributed by atoms with Crippen LogP contribution in [0, 0.1) is 5.41 Å². The monoisotopic (exact) mass is 236 g/mol. The van der Waals surface area contributed by atoms with Gasteiger partial charge in [0.25, 0.3) is 0 Å². The topological polar surface area (TPSA) is 59.0 Å². The molecule has 0 aliphatic carbocycles. The molecule has 2 N–H and O–H groups in total. The van der Waals surface area contributed by atoms with Crippen molar-refractivity contribution in [2.75, 3.05) is 19.6 Å². The first-order valence-electron chi connectivity index (χ1n) is 6.17. The Hall–Kier alpha value is -1.36. The molecule has 1 saturated heterocycles. The van der Waals surface area contributed by atoms with Crippen LogP contribution < -0.4 is 10.6 Å². The summed E-state index contributed by atoms with van der Waals surface area (Å²) in [5.74, 6) is 0.169. The Kier molecular flexibility index (Phi) is 3.78. The van der Waals surface area contributed by atoms with Crippen LogP contribution in [-0.4, -0.2) is 35.3 Å². The van der Waals surface area contributed by atoms with Gasteiger partial charge in [0.15, 0.2) is 0 Å². The molecule has 94 valence electrons. The Morgan fingerprint density at radius 3 is 3.18 bits per heavy atom. The first kappa shape index (κ1) is 12.1. The van der Waals surface area contributed by atoms with Crippen molar-refractivity contribution in [3.63, 3.8) is 0 Å². The van der Waals surface area contributed by atoms with Crippen LogP contribution in [0.2, 0.25) is 0 Å². The van der Waals surface area contributed by atoms with Gasteiger partial charge < -0.3 is 10.6 Å². The summed E-state index contributed by atoms with van der Waals surface area (Å²) in [7, 11) is 0. The van der Waals surface area contributed by atoms with Crippen LogP contribution in [0.3, 0.4) is 0 Å². The van der Waals surface area contributed by atoms with E-state index in [1.54, 1.807) is 6.20 Å². The number of hydrogen-bond acceptors (Lipinski definition) is 3. The molecule has 5 nitrogen and oxygen atoms in total. The van der Waals surface area contributed by atoms with E-state index in [1.165, 1.54) is 0 Å². The number of nitrogens with zero attached hydrogens (tertiary/aromatic N) is 2. The van der Waals surface area contributed by atoms with Gasteiger partial charge in [0.1, 0.15) is 0 Å². The molecule has 2 heterocycles. The molecule has 0 aromatic carbocycles. The maximum Gasteiger partial charge on any atom is 0.227 e. The summed E-state index contributed by atoms with van der Waals surface area (Å²) in [4.78, 5) is 12.0. The molecular weight excluding hydrogens is 216 g/mol. The zero-order valence-electron chi connectivity index (χ0n) is 10.3. The van der Waals surface area contributed by atoms with Gasteiger partial charge in [-0.15, -0.1) is 0 Å². The fraction of sp³-hybridized carbons (Fsp3) is 0.667. The fourth-order valence-corrected chi connectivity index (χ4v) is 2.10. The van der Waals surface area contributed by atoms with Gasteiger partial charge in [-0.25, -0.2) is 0 Å². The van der Waals surface area contributed by atoms with Crippen LogP contribution in [0.25, 0.3) is 0 Å². The first-order chi connectivity index (χ1) is 8.21. The van der Waals surface area contributed by atoms with E-state index in [0.717, 1.165) is 32.5 Å². The van der Waals surface area contributed by atoms with E-state index in [9.17, 15) is 4.79 Å². The van der Waals surface area contributed by atoms with Gasteiger partial charge >= 0.3 is 0 Å². The highest BCUT2D eigenvalue weighted by Gasteiger charge is 2.35. The van der Waals surface area contributed by atoms with Crippen molar-refractivity contribution in [2.45, 2.75) is 26.3 Å². The normalized spacial score (nSPS) is 23.8. The van der Waals surface area contributed by atoms with Crippen molar-refractivity contribution >= 4 is 5.91 Å². The average molecular weight is 236 g/mol. The number of carbonyl (C=O) groups excluding carboxylic acids is 1. The van der Waals surface area contributed by atoms with Crippen molar-refractivity contribution in [2.24, 2.45) is 5.41 Å². The Bertz CT molecular complexity index is 355. The summed E-state index contributed by atoms with van der Waals surface area (Å²) in [6.45, 7) is 5.32. The van der Waals surface area contributed by atoms with Gasteiger partial charge in [-0.3, -0.25) is 9.48 Å². The maximum absolute atomic E-state index is 12.0. The molecule has 0 spiro atoms. The molecular formula is C12H20N4O. The minimum atomic E-state index is -0.217. The molecule has 1 aliphatic heterocycles. The van der Waals surface area contributed by atoms with Crippen molar-refractivity contribution in [3.8, 4) is 0 Å². The van der Waals surface area contributed by atoms with Crippen LogP contribution in [-0.2, 0) is 11.3 Å². The SMILES string of the molecule is CC1(C(=O)NCCCn2cccn2)CCNC1. The van der Waals surface area contributed by atoms with Gasteiger partial charge in [-0.1, -0.05) is 0 Å². The lowest BCUT2D eigenvalue weighted by Crippen LogP contribution is -2.40. The Balaban J connectivity index is 1.66. The van der Waals surface area contributed by atoms with Crippen LogP contribution in [0.1, 0.15) is 19.8 Å². The van der Waals surface area contributed by atoms with Gasteiger partial charge in [-0.05, 0) is 32.4 Å². The summed E-state index contributed by atoms with van der Waals surface area (Å²) in [6.07, 6.45) is 5.54.